The maximum atomic E-state index is 9.69. The third kappa shape index (κ3) is 7.99. The number of rotatable bonds is 7. The molecule has 2 aliphatic rings. The van der Waals surface area contributed by atoms with Crippen molar-refractivity contribution in [1.82, 2.24) is 0 Å². The first-order chi connectivity index (χ1) is 15.2. The zero-order valence-corrected chi connectivity index (χ0v) is 20.2. The topological polar surface area (TPSA) is 60.7 Å². The first-order valence-electron chi connectivity index (χ1n) is 12.1. The van der Waals surface area contributed by atoms with Crippen LogP contribution in [0.3, 0.4) is 0 Å². The van der Waals surface area contributed by atoms with Gasteiger partial charge in [-0.1, -0.05) is 74.8 Å². The second-order valence-corrected chi connectivity index (χ2v) is 8.92. The largest absolute Gasteiger partial charge is 0.508 e. The van der Waals surface area contributed by atoms with E-state index >= 15 is 0 Å². The third-order valence-electron chi connectivity index (χ3n) is 6.59. The summed E-state index contributed by atoms with van der Waals surface area (Å²) in [6, 6.07) is 14.8. The summed E-state index contributed by atoms with van der Waals surface area (Å²) in [5.74, 6) is 1.11. The van der Waals surface area contributed by atoms with E-state index in [2.05, 4.69) is 0 Å². The van der Waals surface area contributed by atoms with Gasteiger partial charge in [-0.05, 0) is 79.0 Å². The molecule has 0 aliphatic heterocycles. The van der Waals surface area contributed by atoms with Crippen molar-refractivity contribution < 1.29 is 32.4 Å². The molecule has 2 aliphatic carbocycles. The normalized spacial score (nSPS) is 15.5. The smallest absolute Gasteiger partial charge is 0.115 e. The molecule has 3 N–H and O–H groups in total. The van der Waals surface area contributed by atoms with Crippen LogP contribution in [0.1, 0.15) is 88.2 Å². The summed E-state index contributed by atoms with van der Waals surface area (Å²) in [5.41, 5.74) is 4.86. The molecule has 32 heavy (non-hydrogen) atoms. The molecule has 0 spiro atoms. The predicted octanol–water partition coefficient (Wildman–Crippen LogP) is 7.20. The SMILES string of the molecule is C1CCCC1.OCCCCC(=C(c1ccc(O)cc1)c1ccc(O)cc1)C1CCCC1.[Fe]. The van der Waals surface area contributed by atoms with Crippen molar-refractivity contribution in [2.45, 2.75) is 77.0 Å². The number of allylic oxidation sites excluding steroid dienone is 1. The Morgan fingerprint density at radius 1 is 0.656 bits per heavy atom. The van der Waals surface area contributed by atoms with E-state index in [-0.39, 0.29) is 35.2 Å². The van der Waals surface area contributed by atoms with Gasteiger partial charge in [0.1, 0.15) is 11.5 Å². The predicted molar refractivity (Wildman–Crippen MR) is 128 cm³/mol. The molecule has 0 saturated heterocycles. The minimum Gasteiger partial charge on any atom is -0.508 e. The second-order valence-electron chi connectivity index (χ2n) is 8.92. The van der Waals surface area contributed by atoms with Crippen LogP contribution in [0.5, 0.6) is 11.5 Å². The summed E-state index contributed by atoms with van der Waals surface area (Å²) >= 11 is 0. The van der Waals surface area contributed by atoms with E-state index in [0.717, 1.165) is 30.4 Å². The second kappa shape index (κ2) is 14.4. The number of phenolic OH excluding ortho intramolecular Hbond substituents is 2. The summed E-state index contributed by atoms with van der Waals surface area (Å²) in [6.45, 7) is 0.228. The van der Waals surface area contributed by atoms with Crippen LogP contribution < -0.4 is 0 Å². The molecule has 0 heterocycles. The molecule has 2 fully saturated rings. The minimum absolute atomic E-state index is 0. The molecule has 2 aromatic rings. The van der Waals surface area contributed by atoms with Crippen molar-refractivity contribution in [2.75, 3.05) is 6.61 Å². The number of phenols is 2. The number of unbranched alkanes of at least 4 members (excludes halogenated alkanes) is 1. The van der Waals surface area contributed by atoms with Crippen LogP contribution >= 0.6 is 0 Å². The molecule has 176 valence electrons. The summed E-state index contributed by atoms with van der Waals surface area (Å²) < 4.78 is 0. The first-order valence-corrected chi connectivity index (χ1v) is 12.1. The fourth-order valence-electron chi connectivity index (χ4n) is 4.91. The van der Waals surface area contributed by atoms with E-state index in [1.54, 1.807) is 24.3 Å². The van der Waals surface area contributed by atoms with Gasteiger partial charge in [0.15, 0.2) is 0 Å². The minimum atomic E-state index is 0. The number of aromatic hydroxyl groups is 2. The fourth-order valence-corrected chi connectivity index (χ4v) is 4.91. The van der Waals surface area contributed by atoms with E-state index in [1.807, 2.05) is 24.3 Å². The molecule has 2 aromatic carbocycles. The van der Waals surface area contributed by atoms with Crippen molar-refractivity contribution in [3.05, 3.63) is 65.2 Å². The Balaban J connectivity index is 0.000000534. The Morgan fingerprint density at radius 3 is 1.50 bits per heavy atom. The quantitative estimate of drug-likeness (QED) is 0.291. The van der Waals surface area contributed by atoms with Crippen LogP contribution in [-0.2, 0) is 17.1 Å². The molecule has 0 amide bonds. The number of benzene rings is 2. The molecule has 0 atom stereocenters. The summed E-state index contributed by atoms with van der Waals surface area (Å²) in [7, 11) is 0. The van der Waals surface area contributed by atoms with Crippen molar-refractivity contribution in [2.24, 2.45) is 5.92 Å². The average Bonchev–Trinajstić information content (AvgIpc) is 3.52. The van der Waals surface area contributed by atoms with E-state index < -0.39 is 0 Å². The number of aliphatic hydroxyl groups excluding tert-OH is 1. The van der Waals surface area contributed by atoms with Crippen LogP contribution in [0.2, 0.25) is 0 Å². The van der Waals surface area contributed by atoms with Gasteiger partial charge in [0.25, 0.3) is 0 Å². The summed E-state index contributed by atoms with van der Waals surface area (Å²) in [5, 5.41) is 28.6. The number of aliphatic hydroxyl groups is 1. The molecule has 0 bridgehead atoms. The van der Waals surface area contributed by atoms with Gasteiger partial charge in [0, 0.05) is 23.7 Å². The van der Waals surface area contributed by atoms with Gasteiger partial charge in [0.05, 0.1) is 0 Å². The Labute approximate surface area is 204 Å². The molecular formula is C28H38FeO3. The Morgan fingerprint density at radius 2 is 1.09 bits per heavy atom. The number of hydrogen-bond acceptors (Lipinski definition) is 3. The molecule has 4 heteroatoms. The van der Waals surface area contributed by atoms with Crippen LogP contribution in [0.15, 0.2) is 54.1 Å². The van der Waals surface area contributed by atoms with E-state index in [9.17, 15) is 15.3 Å². The van der Waals surface area contributed by atoms with Crippen molar-refractivity contribution >= 4 is 5.57 Å². The van der Waals surface area contributed by atoms with Gasteiger partial charge in [-0.15, -0.1) is 0 Å². The standard InChI is InChI=1S/C23H28O3.C5H10.Fe/c24-16-4-3-7-22(17-5-1-2-6-17)23(18-8-12-20(25)13-9-18)19-10-14-21(26)15-11-19;1-2-4-5-3-1;/h8-15,17,24-26H,1-7,16H2;1-5H2;. The molecule has 0 aromatic heterocycles. The molecule has 4 rings (SSSR count). The van der Waals surface area contributed by atoms with Gasteiger partial charge in [-0.25, -0.2) is 0 Å². The monoisotopic (exact) mass is 478 g/mol. The van der Waals surface area contributed by atoms with Gasteiger partial charge in [0.2, 0.25) is 0 Å². The van der Waals surface area contributed by atoms with Crippen molar-refractivity contribution in [3.8, 4) is 11.5 Å². The van der Waals surface area contributed by atoms with Gasteiger partial charge >= 0.3 is 0 Å². The Bertz CT molecular complexity index is 746. The van der Waals surface area contributed by atoms with Crippen LogP contribution in [-0.4, -0.2) is 21.9 Å². The maximum absolute atomic E-state index is 9.69. The zero-order valence-electron chi connectivity index (χ0n) is 19.1. The van der Waals surface area contributed by atoms with Gasteiger partial charge in [-0.2, -0.15) is 0 Å². The van der Waals surface area contributed by atoms with Gasteiger partial charge in [-0.3, -0.25) is 0 Å². The van der Waals surface area contributed by atoms with Crippen LogP contribution in [0.25, 0.3) is 5.57 Å². The molecule has 0 radical (unpaired) electrons. The van der Waals surface area contributed by atoms with Crippen LogP contribution in [0.4, 0.5) is 0 Å². The molecular weight excluding hydrogens is 440 g/mol. The van der Waals surface area contributed by atoms with E-state index in [1.165, 1.54) is 68.9 Å². The maximum Gasteiger partial charge on any atom is 0.115 e. The first kappa shape index (κ1) is 26.5. The Kier molecular flexibility index (Phi) is 11.9. The van der Waals surface area contributed by atoms with Crippen molar-refractivity contribution in [1.29, 1.82) is 0 Å². The number of hydrogen-bond donors (Lipinski definition) is 3. The molecule has 0 unspecified atom stereocenters. The van der Waals surface area contributed by atoms with E-state index in [0.29, 0.717) is 5.92 Å². The molecule has 2 saturated carbocycles. The van der Waals surface area contributed by atoms with Crippen molar-refractivity contribution in [3.63, 3.8) is 0 Å². The zero-order chi connectivity index (χ0) is 21.9. The fraction of sp³-hybridized carbons (Fsp3) is 0.500. The van der Waals surface area contributed by atoms with E-state index in [4.69, 9.17) is 0 Å². The van der Waals surface area contributed by atoms with Crippen LogP contribution in [0, 0.1) is 5.92 Å². The van der Waals surface area contributed by atoms with Gasteiger partial charge < -0.3 is 15.3 Å². The summed E-state index contributed by atoms with van der Waals surface area (Å²) in [4.78, 5) is 0. The Hall–Kier alpha value is -1.74. The average molecular weight is 478 g/mol. The molecule has 3 nitrogen and oxygen atoms in total. The third-order valence-corrected chi connectivity index (χ3v) is 6.59. The summed E-state index contributed by atoms with van der Waals surface area (Å²) in [6.07, 6.45) is 15.2.